The molecular formula is C18H14F3N5O3. The Labute approximate surface area is 162 Å². The molecule has 1 unspecified atom stereocenters. The van der Waals surface area contributed by atoms with Crippen molar-refractivity contribution in [2.75, 3.05) is 13.1 Å². The van der Waals surface area contributed by atoms with Gasteiger partial charge in [-0.25, -0.2) is 4.98 Å². The van der Waals surface area contributed by atoms with Crippen molar-refractivity contribution in [2.24, 2.45) is 0 Å². The first kappa shape index (κ1) is 18.8. The quantitative estimate of drug-likeness (QED) is 0.659. The number of nitrogens with zero attached hydrogens (tertiary/aromatic N) is 5. The molecule has 0 spiro atoms. The predicted molar refractivity (Wildman–Crippen MR) is 91.7 cm³/mol. The number of rotatable bonds is 4. The van der Waals surface area contributed by atoms with Crippen LogP contribution in [0, 0.1) is 0 Å². The first-order valence-corrected chi connectivity index (χ1v) is 8.63. The first-order chi connectivity index (χ1) is 13.9. The van der Waals surface area contributed by atoms with Crippen LogP contribution in [0.1, 0.15) is 22.7 Å². The molecule has 0 saturated carbocycles. The molecule has 11 heteroatoms. The Morgan fingerprint density at radius 2 is 2.10 bits per heavy atom. The highest BCUT2D eigenvalue weighted by Crippen LogP contribution is 2.29. The lowest BCUT2D eigenvalue weighted by Crippen LogP contribution is -2.31. The Kier molecular flexibility index (Phi) is 4.87. The number of carbonyl (C=O) groups excluding carboxylic acids is 1. The molecule has 1 fully saturated rings. The molecule has 1 aliphatic heterocycles. The van der Waals surface area contributed by atoms with Crippen molar-refractivity contribution in [3.8, 4) is 17.3 Å². The summed E-state index contributed by atoms with van der Waals surface area (Å²) in [6, 6.07) is 6.39. The number of aromatic nitrogens is 4. The van der Waals surface area contributed by atoms with Crippen LogP contribution in [0.4, 0.5) is 13.2 Å². The first-order valence-electron chi connectivity index (χ1n) is 8.63. The molecule has 1 atom stereocenters. The number of likely N-dealkylation sites (tertiary alicyclic amines) is 1. The van der Waals surface area contributed by atoms with E-state index < -0.39 is 12.1 Å². The van der Waals surface area contributed by atoms with Crippen molar-refractivity contribution < 1.29 is 27.2 Å². The van der Waals surface area contributed by atoms with Crippen LogP contribution in [-0.2, 0) is 6.18 Å². The van der Waals surface area contributed by atoms with Crippen LogP contribution >= 0.6 is 0 Å². The third-order valence-electron chi connectivity index (χ3n) is 4.28. The molecule has 1 aliphatic rings. The zero-order chi connectivity index (χ0) is 20.4. The number of alkyl halides is 3. The predicted octanol–water partition coefficient (Wildman–Crippen LogP) is 2.84. The van der Waals surface area contributed by atoms with Crippen molar-refractivity contribution in [3.63, 3.8) is 0 Å². The molecule has 1 amide bonds. The number of ether oxygens (including phenoxy) is 1. The van der Waals surface area contributed by atoms with E-state index in [0.717, 1.165) is 0 Å². The maximum Gasteiger partial charge on any atom is 0.471 e. The number of hydrogen-bond donors (Lipinski definition) is 0. The van der Waals surface area contributed by atoms with Crippen LogP contribution in [-0.4, -0.2) is 50.1 Å². The van der Waals surface area contributed by atoms with Gasteiger partial charge in [0.15, 0.2) is 0 Å². The maximum atomic E-state index is 12.5. The zero-order valence-electron chi connectivity index (χ0n) is 14.8. The van der Waals surface area contributed by atoms with Gasteiger partial charge in [-0.2, -0.15) is 18.2 Å². The third-order valence-corrected chi connectivity index (χ3v) is 4.28. The second-order valence-electron chi connectivity index (χ2n) is 6.32. The summed E-state index contributed by atoms with van der Waals surface area (Å²) in [7, 11) is 0. The largest absolute Gasteiger partial charge is 0.487 e. The number of amides is 1. The molecule has 3 aromatic rings. The van der Waals surface area contributed by atoms with Crippen LogP contribution in [0.3, 0.4) is 0 Å². The Balaban J connectivity index is 1.37. The average Bonchev–Trinajstić information content (AvgIpc) is 3.38. The highest BCUT2D eigenvalue weighted by atomic mass is 19.4. The van der Waals surface area contributed by atoms with Crippen molar-refractivity contribution in [1.82, 2.24) is 25.0 Å². The third kappa shape index (κ3) is 4.18. The highest BCUT2D eigenvalue weighted by Gasteiger charge is 2.38. The number of hydrogen-bond acceptors (Lipinski definition) is 7. The van der Waals surface area contributed by atoms with Gasteiger partial charge in [-0.1, -0.05) is 5.16 Å². The monoisotopic (exact) mass is 405 g/mol. The molecule has 8 nitrogen and oxygen atoms in total. The Morgan fingerprint density at radius 3 is 2.76 bits per heavy atom. The molecular weight excluding hydrogens is 391 g/mol. The molecule has 3 aromatic heterocycles. The van der Waals surface area contributed by atoms with E-state index in [0.29, 0.717) is 30.8 Å². The Bertz CT molecular complexity index is 992. The molecule has 29 heavy (non-hydrogen) atoms. The minimum atomic E-state index is -4.71. The minimum absolute atomic E-state index is 0.116. The second kappa shape index (κ2) is 7.49. The van der Waals surface area contributed by atoms with Gasteiger partial charge in [0.05, 0.1) is 18.3 Å². The van der Waals surface area contributed by atoms with Gasteiger partial charge < -0.3 is 14.2 Å². The summed E-state index contributed by atoms with van der Waals surface area (Å²) in [5, 5.41) is 3.29. The van der Waals surface area contributed by atoms with E-state index in [1.165, 1.54) is 18.5 Å². The van der Waals surface area contributed by atoms with Gasteiger partial charge in [-0.15, -0.1) is 0 Å². The fourth-order valence-corrected chi connectivity index (χ4v) is 2.90. The SMILES string of the molecule is O=C(c1cccnc1)N1CCC(Oc2ccc(-c3noc(C(F)(F)F)n3)nc2)C1. The standard InChI is InChI=1S/C18H14F3N5O3/c19-18(20,21)17-24-15(25-29-17)14-4-3-12(9-23-14)28-13-5-7-26(10-13)16(27)11-2-1-6-22-8-11/h1-4,6,8-9,13H,5,7,10H2. The zero-order valence-corrected chi connectivity index (χ0v) is 14.8. The summed E-state index contributed by atoms with van der Waals surface area (Å²) in [5.41, 5.74) is 0.633. The molecule has 1 saturated heterocycles. The summed E-state index contributed by atoms with van der Waals surface area (Å²) < 4.78 is 47.6. The molecule has 4 rings (SSSR count). The fraction of sp³-hybridized carbons (Fsp3) is 0.278. The van der Waals surface area contributed by atoms with E-state index in [2.05, 4.69) is 24.6 Å². The maximum absolute atomic E-state index is 12.5. The lowest BCUT2D eigenvalue weighted by Gasteiger charge is -2.17. The molecule has 150 valence electrons. The van der Waals surface area contributed by atoms with Crippen molar-refractivity contribution in [3.05, 3.63) is 54.3 Å². The molecule has 0 bridgehead atoms. The Hall–Kier alpha value is -3.50. The average molecular weight is 405 g/mol. The summed E-state index contributed by atoms with van der Waals surface area (Å²) in [5.74, 6) is -1.39. The lowest BCUT2D eigenvalue weighted by atomic mass is 10.2. The number of pyridine rings is 2. The lowest BCUT2D eigenvalue weighted by molar-refractivity contribution is -0.159. The van der Waals surface area contributed by atoms with E-state index in [4.69, 9.17) is 4.74 Å². The normalized spacial score (nSPS) is 16.8. The van der Waals surface area contributed by atoms with Gasteiger partial charge >= 0.3 is 12.1 Å². The van der Waals surface area contributed by atoms with E-state index in [1.54, 1.807) is 29.3 Å². The number of carbonyl (C=O) groups is 1. The molecule has 0 N–H and O–H groups in total. The second-order valence-corrected chi connectivity index (χ2v) is 6.32. The van der Waals surface area contributed by atoms with Crippen LogP contribution in [0.15, 0.2) is 47.4 Å². The topological polar surface area (TPSA) is 94.2 Å². The van der Waals surface area contributed by atoms with Crippen molar-refractivity contribution in [2.45, 2.75) is 18.7 Å². The summed E-state index contributed by atoms with van der Waals surface area (Å²) in [6.07, 6.45) is 0.196. The molecule has 0 aliphatic carbocycles. The smallest absolute Gasteiger partial charge is 0.471 e. The number of halogens is 3. The highest BCUT2D eigenvalue weighted by molar-refractivity contribution is 5.94. The summed E-state index contributed by atoms with van der Waals surface area (Å²) in [4.78, 5) is 25.4. The minimum Gasteiger partial charge on any atom is -0.487 e. The molecule has 0 aromatic carbocycles. The van der Waals surface area contributed by atoms with E-state index in [1.807, 2.05) is 0 Å². The van der Waals surface area contributed by atoms with Gasteiger partial charge in [0.25, 0.3) is 5.91 Å². The van der Waals surface area contributed by atoms with Gasteiger partial charge in [0.2, 0.25) is 5.82 Å². The Morgan fingerprint density at radius 1 is 1.24 bits per heavy atom. The molecule has 0 radical (unpaired) electrons. The van der Waals surface area contributed by atoms with Gasteiger partial charge in [0.1, 0.15) is 17.5 Å². The van der Waals surface area contributed by atoms with Crippen LogP contribution in [0.2, 0.25) is 0 Å². The van der Waals surface area contributed by atoms with Gasteiger partial charge in [-0.3, -0.25) is 9.78 Å². The van der Waals surface area contributed by atoms with E-state index >= 15 is 0 Å². The van der Waals surface area contributed by atoms with E-state index in [9.17, 15) is 18.0 Å². The van der Waals surface area contributed by atoms with E-state index in [-0.39, 0.29) is 23.5 Å². The fourth-order valence-electron chi connectivity index (χ4n) is 2.90. The summed E-state index contributed by atoms with van der Waals surface area (Å²) >= 11 is 0. The van der Waals surface area contributed by atoms with Crippen molar-refractivity contribution >= 4 is 5.91 Å². The molecule has 4 heterocycles. The van der Waals surface area contributed by atoms with Crippen molar-refractivity contribution in [1.29, 1.82) is 0 Å². The summed E-state index contributed by atoms with van der Waals surface area (Å²) in [6.45, 7) is 0.961. The van der Waals surface area contributed by atoms with Crippen LogP contribution < -0.4 is 4.74 Å². The van der Waals surface area contributed by atoms with Gasteiger partial charge in [0, 0.05) is 25.4 Å². The van der Waals surface area contributed by atoms with Crippen LogP contribution in [0.25, 0.3) is 11.5 Å². The van der Waals surface area contributed by atoms with Crippen LogP contribution in [0.5, 0.6) is 5.75 Å². The van der Waals surface area contributed by atoms with Gasteiger partial charge in [-0.05, 0) is 24.3 Å².